The lowest BCUT2D eigenvalue weighted by Gasteiger charge is -2.23. The lowest BCUT2D eigenvalue weighted by atomic mass is 10.0. The number of aryl methyl sites for hydroxylation is 2. The SMILES string of the molecule is CCNC(=NCc1sc(C)nc1C)NCC1(O)CCSC1.I. The van der Waals surface area contributed by atoms with E-state index in [1.807, 2.05) is 20.8 Å². The number of nitrogens with one attached hydrogen (secondary N) is 2. The number of hydrogen-bond acceptors (Lipinski definition) is 5. The summed E-state index contributed by atoms with van der Waals surface area (Å²) >= 11 is 3.49. The largest absolute Gasteiger partial charge is 0.387 e. The van der Waals surface area contributed by atoms with Gasteiger partial charge in [-0.2, -0.15) is 11.8 Å². The predicted octanol–water partition coefficient (Wildman–Crippen LogP) is 2.30. The van der Waals surface area contributed by atoms with Gasteiger partial charge in [-0.1, -0.05) is 0 Å². The molecule has 0 aliphatic carbocycles. The van der Waals surface area contributed by atoms with Crippen molar-refractivity contribution in [1.82, 2.24) is 15.6 Å². The van der Waals surface area contributed by atoms with Gasteiger partial charge in [0, 0.05) is 23.7 Å². The summed E-state index contributed by atoms with van der Waals surface area (Å²) < 4.78 is 0. The first kappa shape index (κ1) is 20.0. The van der Waals surface area contributed by atoms with Gasteiger partial charge in [0.2, 0.25) is 0 Å². The first-order valence-corrected chi connectivity index (χ1v) is 9.25. The number of thioether (sulfide) groups is 1. The summed E-state index contributed by atoms with van der Waals surface area (Å²) in [4.78, 5) is 10.2. The summed E-state index contributed by atoms with van der Waals surface area (Å²) in [5.74, 6) is 2.59. The van der Waals surface area contributed by atoms with Crippen molar-refractivity contribution in [3.8, 4) is 0 Å². The number of aliphatic imine (C=N–C) groups is 1. The van der Waals surface area contributed by atoms with E-state index in [2.05, 4.69) is 20.6 Å². The highest BCUT2D eigenvalue weighted by Crippen LogP contribution is 2.26. The molecule has 2 heterocycles. The van der Waals surface area contributed by atoms with Crippen LogP contribution in [0.2, 0.25) is 0 Å². The van der Waals surface area contributed by atoms with E-state index in [0.29, 0.717) is 13.1 Å². The van der Waals surface area contributed by atoms with Gasteiger partial charge < -0.3 is 15.7 Å². The van der Waals surface area contributed by atoms with Crippen LogP contribution < -0.4 is 10.6 Å². The van der Waals surface area contributed by atoms with Crippen molar-refractivity contribution in [3.63, 3.8) is 0 Å². The topological polar surface area (TPSA) is 69.5 Å². The molecule has 2 rings (SSSR count). The van der Waals surface area contributed by atoms with Crippen LogP contribution >= 0.6 is 47.1 Å². The lowest BCUT2D eigenvalue weighted by molar-refractivity contribution is 0.0724. The van der Waals surface area contributed by atoms with Crippen molar-refractivity contribution in [3.05, 3.63) is 15.6 Å². The van der Waals surface area contributed by atoms with Crippen molar-refractivity contribution >= 4 is 53.0 Å². The van der Waals surface area contributed by atoms with Gasteiger partial charge in [-0.25, -0.2) is 9.98 Å². The Morgan fingerprint density at radius 3 is 2.73 bits per heavy atom. The zero-order valence-corrected chi connectivity index (χ0v) is 17.3. The highest BCUT2D eigenvalue weighted by Gasteiger charge is 2.31. The smallest absolute Gasteiger partial charge is 0.191 e. The third-order valence-corrected chi connectivity index (χ3v) is 5.68. The van der Waals surface area contributed by atoms with Crippen LogP contribution in [0.15, 0.2) is 4.99 Å². The molecule has 22 heavy (non-hydrogen) atoms. The fourth-order valence-corrected chi connectivity index (χ4v) is 4.35. The average Bonchev–Trinajstić information content (AvgIpc) is 3.00. The average molecular weight is 456 g/mol. The van der Waals surface area contributed by atoms with Crippen LogP contribution in [-0.4, -0.2) is 46.2 Å². The van der Waals surface area contributed by atoms with Gasteiger partial charge in [-0.05, 0) is 32.9 Å². The normalized spacial score (nSPS) is 21.5. The molecule has 126 valence electrons. The lowest BCUT2D eigenvalue weighted by Crippen LogP contribution is -2.47. The molecule has 1 saturated heterocycles. The zero-order valence-electron chi connectivity index (χ0n) is 13.3. The Morgan fingerprint density at radius 1 is 1.41 bits per heavy atom. The molecular formula is C14H25IN4OS2. The minimum atomic E-state index is -0.599. The summed E-state index contributed by atoms with van der Waals surface area (Å²) in [5, 5.41) is 17.9. The molecule has 0 saturated carbocycles. The first-order chi connectivity index (χ1) is 10.0. The summed E-state index contributed by atoms with van der Waals surface area (Å²) in [6.45, 7) is 8.06. The van der Waals surface area contributed by atoms with E-state index in [-0.39, 0.29) is 24.0 Å². The summed E-state index contributed by atoms with van der Waals surface area (Å²) in [6, 6.07) is 0. The molecule has 1 aliphatic heterocycles. The van der Waals surface area contributed by atoms with Crippen LogP contribution in [0.5, 0.6) is 0 Å². The van der Waals surface area contributed by atoms with Gasteiger partial charge >= 0.3 is 0 Å². The maximum atomic E-state index is 10.4. The van der Waals surface area contributed by atoms with Crippen molar-refractivity contribution in [2.75, 3.05) is 24.6 Å². The van der Waals surface area contributed by atoms with Crippen LogP contribution in [-0.2, 0) is 6.54 Å². The highest BCUT2D eigenvalue weighted by atomic mass is 127. The second kappa shape index (κ2) is 9.29. The Balaban J connectivity index is 0.00000242. The number of aliphatic hydroxyl groups is 1. The van der Waals surface area contributed by atoms with E-state index < -0.39 is 5.60 Å². The van der Waals surface area contributed by atoms with Crippen LogP contribution in [0.3, 0.4) is 0 Å². The molecule has 1 aliphatic rings. The number of thiazole rings is 1. The van der Waals surface area contributed by atoms with E-state index in [4.69, 9.17) is 0 Å². The van der Waals surface area contributed by atoms with Crippen molar-refractivity contribution < 1.29 is 5.11 Å². The Labute approximate surface area is 157 Å². The molecule has 1 fully saturated rings. The van der Waals surface area contributed by atoms with Crippen molar-refractivity contribution in [2.45, 2.75) is 39.3 Å². The van der Waals surface area contributed by atoms with E-state index in [1.165, 1.54) is 4.88 Å². The van der Waals surface area contributed by atoms with Crippen molar-refractivity contribution in [1.29, 1.82) is 0 Å². The summed E-state index contributed by atoms with van der Waals surface area (Å²) in [5.41, 5.74) is 0.459. The highest BCUT2D eigenvalue weighted by molar-refractivity contribution is 14.0. The Hall–Kier alpha value is -0.0600. The molecule has 1 unspecified atom stereocenters. The van der Waals surface area contributed by atoms with E-state index in [9.17, 15) is 5.11 Å². The molecular weight excluding hydrogens is 431 g/mol. The number of guanidine groups is 1. The third kappa shape index (κ3) is 5.86. The van der Waals surface area contributed by atoms with E-state index in [1.54, 1.807) is 23.1 Å². The van der Waals surface area contributed by atoms with Crippen LogP contribution in [0, 0.1) is 13.8 Å². The van der Waals surface area contributed by atoms with Crippen molar-refractivity contribution in [2.24, 2.45) is 4.99 Å². The molecule has 3 N–H and O–H groups in total. The quantitative estimate of drug-likeness (QED) is 0.361. The maximum absolute atomic E-state index is 10.4. The molecule has 0 aromatic carbocycles. The summed E-state index contributed by atoms with van der Waals surface area (Å²) in [6.07, 6.45) is 0.844. The number of hydrogen-bond donors (Lipinski definition) is 3. The van der Waals surface area contributed by atoms with E-state index in [0.717, 1.165) is 41.1 Å². The number of aromatic nitrogens is 1. The minimum Gasteiger partial charge on any atom is -0.387 e. The maximum Gasteiger partial charge on any atom is 0.191 e. The monoisotopic (exact) mass is 456 g/mol. The van der Waals surface area contributed by atoms with Gasteiger partial charge in [-0.3, -0.25) is 0 Å². The fraction of sp³-hybridized carbons (Fsp3) is 0.714. The first-order valence-electron chi connectivity index (χ1n) is 7.27. The number of rotatable bonds is 5. The van der Waals surface area contributed by atoms with Gasteiger partial charge in [0.05, 0.1) is 22.8 Å². The molecule has 5 nitrogen and oxygen atoms in total. The molecule has 0 bridgehead atoms. The standard InChI is InChI=1S/C14H24N4OS2.HI/c1-4-15-13(17-8-14(19)5-6-20-9-14)16-7-12-10(2)18-11(3)21-12;/h19H,4-9H2,1-3H3,(H2,15,16,17);1H. The third-order valence-electron chi connectivity index (χ3n) is 3.39. The van der Waals surface area contributed by atoms with Crippen LogP contribution in [0.25, 0.3) is 0 Å². The van der Waals surface area contributed by atoms with Gasteiger partial charge in [0.15, 0.2) is 5.96 Å². The van der Waals surface area contributed by atoms with E-state index >= 15 is 0 Å². The molecule has 8 heteroatoms. The molecule has 1 atom stereocenters. The predicted molar refractivity (Wildman–Crippen MR) is 107 cm³/mol. The zero-order chi connectivity index (χ0) is 15.3. The Bertz CT molecular complexity index is 501. The van der Waals surface area contributed by atoms with Crippen LogP contribution in [0.1, 0.15) is 28.9 Å². The summed E-state index contributed by atoms with van der Waals surface area (Å²) in [7, 11) is 0. The van der Waals surface area contributed by atoms with Gasteiger partial charge in [0.1, 0.15) is 0 Å². The fourth-order valence-electron chi connectivity index (χ4n) is 2.20. The molecule has 0 amide bonds. The molecule has 1 aromatic heterocycles. The molecule has 0 spiro atoms. The molecule has 0 radical (unpaired) electrons. The number of halogens is 1. The number of nitrogens with zero attached hydrogens (tertiary/aromatic N) is 2. The van der Waals surface area contributed by atoms with Gasteiger partial charge in [0.25, 0.3) is 0 Å². The minimum absolute atomic E-state index is 0. The second-order valence-corrected chi connectivity index (χ2v) is 7.71. The molecule has 1 aromatic rings. The van der Waals surface area contributed by atoms with Gasteiger partial charge in [-0.15, -0.1) is 35.3 Å². The Kier molecular flexibility index (Phi) is 8.44. The Morgan fingerprint density at radius 2 is 2.18 bits per heavy atom. The second-order valence-electron chi connectivity index (χ2n) is 5.32. The van der Waals surface area contributed by atoms with Crippen LogP contribution in [0.4, 0.5) is 0 Å².